The minimum Gasteiger partial charge on any atom is -0.393 e. The Labute approximate surface area is 144 Å². The van der Waals surface area contributed by atoms with Crippen molar-refractivity contribution in [3.63, 3.8) is 0 Å². The molecule has 2 N–H and O–H groups in total. The van der Waals surface area contributed by atoms with Gasteiger partial charge in [0.15, 0.2) is 5.78 Å². The Bertz CT molecular complexity index is 534. The highest BCUT2D eigenvalue weighted by Gasteiger charge is 2.16. The molecule has 5 heteroatoms. The standard InChI is InChI=1S/C19H28N2O3/c1-15-3-5-16(6-4-15)18(23)7-8-19(24)20-11-2-12-21-13-9-17(22)10-14-21/h3-6,17,22H,2,7-14H2,1H3,(H,20,24). The lowest BCUT2D eigenvalue weighted by atomic mass is 10.0. The van der Waals surface area contributed by atoms with Crippen molar-refractivity contribution in [1.82, 2.24) is 10.2 Å². The van der Waals surface area contributed by atoms with Gasteiger partial charge in [0.2, 0.25) is 5.91 Å². The average molecular weight is 332 g/mol. The quantitative estimate of drug-likeness (QED) is 0.564. The zero-order valence-corrected chi connectivity index (χ0v) is 14.5. The first-order valence-corrected chi connectivity index (χ1v) is 8.81. The van der Waals surface area contributed by atoms with Crippen LogP contribution in [0.1, 0.15) is 48.0 Å². The van der Waals surface area contributed by atoms with Crippen LogP contribution in [0, 0.1) is 6.92 Å². The number of nitrogens with zero attached hydrogens (tertiary/aromatic N) is 1. The van der Waals surface area contributed by atoms with E-state index in [1.54, 1.807) is 0 Å². The summed E-state index contributed by atoms with van der Waals surface area (Å²) in [6, 6.07) is 7.44. The van der Waals surface area contributed by atoms with Crippen molar-refractivity contribution in [3.8, 4) is 0 Å². The number of aryl methyl sites for hydroxylation is 1. The molecule has 1 aliphatic rings. The topological polar surface area (TPSA) is 69.6 Å². The van der Waals surface area contributed by atoms with Crippen molar-refractivity contribution in [3.05, 3.63) is 35.4 Å². The summed E-state index contributed by atoms with van der Waals surface area (Å²) in [4.78, 5) is 26.2. The molecule has 1 saturated heterocycles. The molecular weight excluding hydrogens is 304 g/mol. The van der Waals surface area contributed by atoms with Gasteiger partial charge in [-0.2, -0.15) is 0 Å². The van der Waals surface area contributed by atoms with Crippen molar-refractivity contribution in [2.24, 2.45) is 0 Å². The number of benzene rings is 1. The maximum Gasteiger partial charge on any atom is 0.220 e. The number of carbonyl (C=O) groups excluding carboxylic acids is 2. The normalized spacial score (nSPS) is 16.1. The number of piperidine rings is 1. The molecule has 0 saturated carbocycles. The summed E-state index contributed by atoms with van der Waals surface area (Å²) in [6.07, 6.45) is 2.92. The number of aliphatic hydroxyl groups excluding tert-OH is 1. The van der Waals surface area contributed by atoms with Crippen LogP contribution in [0.2, 0.25) is 0 Å². The van der Waals surface area contributed by atoms with Gasteiger partial charge in [0.1, 0.15) is 0 Å². The zero-order chi connectivity index (χ0) is 17.4. The summed E-state index contributed by atoms with van der Waals surface area (Å²) in [5.41, 5.74) is 1.79. The van der Waals surface area contributed by atoms with E-state index in [0.717, 1.165) is 44.5 Å². The van der Waals surface area contributed by atoms with E-state index in [1.807, 2.05) is 31.2 Å². The average Bonchev–Trinajstić information content (AvgIpc) is 2.59. The first-order chi connectivity index (χ1) is 11.5. The van der Waals surface area contributed by atoms with Gasteiger partial charge in [0.05, 0.1) is 6.10 Å². The Morgan fingerprint density at radius 2 is 1.83 bits per heavy atom. The largest absolute Gasteiger partial charge is 0.393 e. The van der Waals surface area contributed by atoms with Gasteiger partial charge in [0.25, 0.3) is 0 Å². The number of amides is 1. The van der Waals surface area contributed by atoms with E-state index in [2.05, 4.69) is 10.2 Å². The first kappa shape index (κ1) is 18.6. The summed E-state index contributed by atoms with van der Waals surface area (Å²) >= 11 is 0. The highest BCUT2D eigenvalue weighted by molar-refractivity contribution is 5.97. The van der Waals surface area contributed by atoms with Gasteiger partial charge in [-0.25, -0.2) is 0 Å². The molecule has 2 rings (SSSR count). The molecule has 5 nitrogen and oxygen atoms in total. The van der Waals surface area contributed by atoms with Gasteiger partial charge in [-0.15, -0.1) is 0 Å². The van der Waals surface area contributed by atoms with Crippen molar-refractivity contribution in [1.29, 1.82) is 0 Å². The van der Waals surface area contributed by atoms with Crippen molar-refractivity contribution < 1.29 is 14.7 Å². The fourth-order valence-electron chi connectivity index (χ4n) is 2.87. The molecule has 0 aliphatic carbocycles. The molecule has 24 heavy (non-hydrogen) atoms. The Kier molecular flexibility index (Phi) is 7.40. The number of rotatable bonds is 8. The van der Waals surface area contributed by atoms with Gasteiger partial charge >= 0.3 is 0 Å². The summed E-state index contributed by atoms with van der Waals surface area (Å²) in [6.45, 7) is 5.42. The van der Waals surface area contributed by atoms with Gasteiger partial charge in [-0.05, 0) is 32.7 Å². The zero-order valence-electron chi connectivity index (χ0n) is 14.5. The first-order valence-electron chi connectivity index (χ1n) is 8.81. The molecule has 0 atom stereocenters. The van der Waals surface area contributed by atoms with Gasteiger partial charge < -0.3 is 15.3 Å². The minimum absolute atomic E-state index is 0.0111. The fourth-order valence-corrected chi connectivity index (χ4v) is 2.87. The van der Waals surface area contributed by atoms with Crippen LogP contribution in [0.3, 0.4) is 0 Å². The Balaban J connectivity index is 1.56. The van der Waals surface area contributed by atoms with Crippen LogP contribution >= 0.6 is 0 Å². The summed E-state index contributed by atoms with van der Waals surface area (Å²) in [5, 5.41) is 12.3. The number of carbonyl (C=O) groups is 2. The van der Waals surface area contributed by atoms with E-state index >= 15 is 0 Å². The molecule has 1 aromatic rings. The van der Waals surface area contributed by atoms with Crippen molar-refractivity contribution in [2.45, 2.75) is 45.1 Å². The fraction of sp³-hybridized carbons (Fsp3) is 0.579. The van der Waals surface area contributed by atoms with E-state index in [0.29, 0.717) is 12.1 Å². The number of ketones is 1. The molecule has 0 aromatic heterocycles. The number of likely N-dealkylation sites (tertiary alicyclic amines) is 1. The van der Waals surface area contributed by atoms with E-state index in [9.17, 15) is 14.7 Å². The summed E-state index contributed by atoms with van der Waals surface area (Å²) < 4.78 is 0. The molecule has 1 aromatic carbocycles. The van der Waals surface area contributed by atoms with E-state index in [1.165, 1.54) is 0 Å². The van der Waals surface area contributed by atoms with E-state index < -0.39 is 0 Å². The monoisotopic (exact) mass is 332 g/mol. The van der Waals surface area contributed by atoms with Gasteiger partial charge in [-0.1, -0.05) is 29.8 Å². The molecule has 1 amide bonds. The highest BCUT2D eigenvalue weighted by Crippen LogP contribution is 2.10. The lowest BCUT2D eigenvalue weighted by molar-refractivity contribution is -0.121. The second-order valence-corrected chi connectivity index (χ2v) is 6.57. The Morgan fingerprint density at radius 3 is 2.50 bits per heavy atom. The highest BCUT2D eigenvalue weighted by atomic mass is 16.3. The Hall–Kier alpha value is -1.72. The number of hydrogen-bond acceptors (Lipinski definition) is 4. The molecule has 0 bridgehead atoms. The van der Waals surface area contributed by atoms with Crippen LogP contribution in [0.4, 0.5) is 0 Å². The third-order valence-electron chi connectivity index (χ3n) is 4.48. The van der Waals surface area contributed by atoms with E-state index in [-0.39, 0.29) is 30.6 Å². The number of nitrogens with one attached hydrogen (secondary N) is 1. The minimum atomic E-state index is -0.146. The van der Waals surface area contributed by atoms with Gasteiger partial charge in [0, 0.05) is 38.0 Å². The lowest BCUT2D eigenvalue weighted by Crippen LogP contribution is -2.37. The third kappa shape index (κ3) is 6.42. The number of hydrogen-bond donors (Lipinski definition) is 2. The van der Waals surface area contributed by atoms with Crippen LogP contribution < -0.4 is 5.32 Å². The summed E-state index contributed by atoms with van der Waals surface area (Å²) in [7, 11) is 0. The van der Waals surface area contributed by atoms with Crippen LogP contribution in [-0.4, -0.2) is 54.0 Å². The molecule has 1 fully saturated rings. The second-order valence-electron chi connectivity index (χ2n) is 6.57. The molecule has 0 radical (unpaired) electrons. The molecule has 1 aliphatic heterocycles. The van der Waals surface area contributed by atoms with Crippen molar-refractivity contribution >= 4 is 11.7 Å². The lowest BCUT2D eigenvalue weighted by Gasteiger charge is -2.29. The Morgan fingerprint density at radius 1 is 1.17 bits per heavy atom. The van der Waals surface area contributed by atoms with Crippen molar-refractivity contribution in [2.75, 3.05) is 26.2 Å². The van der Waals surface area contributed by atoms with E-state index in [4.69, 9.17) is 0 Å². The van der Waals surface area contributed by atoms with Crippen LogP contribution in [0.25, 0.3) is 0 Å². The smallest absolute Gasteiger partial charge is 0.220 e. The molecule has 0 spiro atoms. The predicted octanol–water partition coefficient (Wildman–Crippen LogP) is 1.92. The third-order valence-corrected chi connectivity index (χ3v) is 4.48. The van der Waals surface area contributed by atoms with Crippen LogP contribution in [-0.2, 0) is 4.79 Å². The number of Topliss-reactive ketones (excluding diaryl/α,β-unsaturated/α-hetero) is 1. The molecule has 1 heterocycles. The SMILES string of the molecule is Cc1ccc(C(=O)CCC(=O)NCCCN2CCC(O)CC2)cc1. The second kappa shape index (κ2) is 9.55. The maximum absolute atomic E-state index is 12.0. The molecular formula is C19H28N2O3. The molecule has 132 valence electrons. The summed E-state index contributed by atoms with van der Waals surface area (Å²) in [5.74, 6) is -0.0541. The maximum atomic E-state index is 12.0. The predicted molar refractivity (Wildman–Crippen MR) is 94.1 cm³/mol. The van der Waals surface area contributed by atoms with Crippen LogP contribution in [0.5, 0.6) is 0 Å². The van der Waals surface area contributed by atoms with Gasteiger partial charge in [-0.3, -0.25) is 9.59 Å². The molecule has 0 unspecified atom stereocenters. The number of aliphatic hydroxyl groups is 1. The van der Waals surface area contributed by atoms with Crippen LogP contribution in [0.15, 0.2) is 24.3 Å².